The van der Waals surface area contributed by atoms with Gasteiger partial charge in [-0.2, -0.15) is 0 Å². The molecule has 38 heavy (non-hydrogen) atoms. The molecule has 1 fully saturated rings. The molecule has 1 N–H and O–H groups in total. The zero-order valence-corrected chi connectivity index (χ0v) is 22.2. The third kappa shape index (κ3) is 4.55. The lowest BCUT2D eigenvalue weighted by molar-refractivity contribution is -0.132. The molecule has 2 aliphatic rings. The molecular formula is C32H34N2O4. The number of rotatable bonds is 7. The van der Waals surface area contributed by atoms with E-state index in [-0.39, 0.29) is 11.3 Å². The third-order valence-electron chi connectivity index (χ3n) is 7.73. The normalized spacial score (nSPS) is 18.4. The van der Waals surface area contributed by atoms with Crippen molar-refractivity contribution in [2.45, 2.75) is 45.6 Å². The maximum Gasteiger partial charge on any atom is 0.300 e. The number of hydrogen-bond donors (Lipinski definition) is 1. The monoisotopic (exact) mass is 510 g/mol. The van der Waals surface area contributed by atoms with Crippen molar-refractivity contribution < 1.29 is 19.4 Å². The molecule has 0 radical (unpaired) electrons. The SMILES string of the molecule is CCN(CC)c1ccc(N2C(=O)C(=O)/C(=C(\O)c3ccc4c(c3)CCCC4)C2c2cccc(OC)c2)cc1. The maximum absolute atomic E-state index is 13.6. The average Bonchev–Trinajstić information content (AvgIpc) is 3.23. The van der Waals surface area contributed by atoms with E-state index < -0.39 is 17.7 Å². The zero-order valence-electron chi connectivity index (χ0n) is 22.2. The van der Waals surface area contributed by atoms with Crippen LogP contribution in [0.5, 0.6) is 5.75 Å². The number of anilines is 2. The van der Waals surface area contributed by atoms with Gasteiger partial charge in [0.1, 0.15) is 11.5 Å². The Hall–Kier alpha value is -4.06. The number of aryl methyl sites for hydroxylation is 2. The van der Waals surface area contributed by atoms with Crippen LogP contribution in [-0.2, 0) is 22.4 Å². The van der Waals surface area contributed by atoms with Gasteiger partial charge in [0.2, 0.25) is 0 Å². The van der Waals surface area contributed by atoms with E-state index in [1.807, 2.05) is 66.7 Å². The van der Waals surface area contributed by atoms with Crippen LogP contribution in [-0.4, -0.2) is 37.0 Å². The van der Waals surface area contributed by atoms with E-state index in [1.54, 1.807) is 7.11 Å². The van der Waals surface area contributed by atoms with Gasteiger partial charge in [-0.15, -0.1) is 0 Å². The lowest BCUT2D eigenvalue weighted by atomic mass is 9.88. The first-order chi connectivity index (χ1) is 18.5. The van der Waals surface area contributed by atoms with E-state index in [0.717, 1.165) is 44.5 Å². The molecule has 3 aromatic carbocycles. The van der Waals surface area contributed by atoms with E-state index in [9.17, 15) is 14.7 Å². The molecule has 0 aromatic heterocycles. The van der Waals surface area contributed by atoms with Crippen molar-refractivity contribution in [3.63, 3.8) is 0 Å². The van der Waals surface area contributed by atoms with Crippen molar-refractivity contribution in [1.29, 1.82) is 0 Å². The fourth-order valence-corrected chi connectivity index (χ4v) is 5.67. The van der Waals surface area contributed by atoms with Crippen LogP contribution in [0.4, 0.5) is 11.4 Å². The Balaban J connectivity index is 1.65. The summed E-state index contributed by atoms with van der Waals surface area (Å²) in [5, 5.41) is 11.6. The quantitative estimate of drug-likeness (QED) is 0.238. The summed E-state index contributed by atoms with van der Waals surface area (Å²) >= 11 is 0. The summed E-state index contributed by atoms with van der Waals surface area (Å²) in [6.45, 7) is 5.93. The topological polar surface area (TPSA) is 70.1 Å². The molecule has 1 aliphatic heterocycles. The predicted molar refractivity (Wildman–Crippen MR) is 151 cm³/mol. The van der Waals surface area contributed by atoms with Crippen LogP contribution in [0.25, 0.3) is 5.76 Å². The second kappa shape index (κ2) is 10.7. The number of carbonyl (C=O) groups is 2. The lowest BCUT2D eigenvalue weighted by Gasteiger charge is -2.27. The Morgan fingerprint density at radius 2 is 1.66 bits per heavy atom. The molecule has 6 nitrogen and oxygen atoms in total. The molecule has 1 atom stereocenters. The lowest BCUT2D eigenvalue weighted by Crippen LogP contribution is -2.29. The number of nitrogens with zero attached hydrogens (tertiary/aromatic N) is 2. The summed E-state index contributed by atoms with van der Waals surface area (Å²) in [5.41, 5.74) is 5.46. The number of ketones is 1. The number of Topliss-reactive ketones (excluding diaryl/α,β-unsaturated/α-hetero) is 1. The van der Waals surface area contributed by atoms with Crippen molar-refractivity contribution >= 4 is 28.8 Å². The van der Waals surface area contributed by atoms with Gasteiger partial charge in [-0.05, 0) is 98.7 Å². The Labute approximate surface area is 224 Å². The van der Waals surface area contributed by atoms with E-state index in [0.29, 0.717) is 22.6 Å². The molecule has 1 aliphatic carbocycles. The molecule has 1 saturated heterocycles. The second-order valence-electron chi connectivity index (χ2n) is 9.82. The maximum atomic E-state index is 13.6. The molecule has 196 valence electrons. The first-order valence-electron chi connectivity index (χ1n) is 13.4. The Morgan fingerprint density at radius 3 is 2.34 bits per heavy atom. The third-order valence-corrected chi connectivity index (χ3v) is 7.73. The summed E-state index contributed by atoms with van der Waals surface area (Å²) in [7, 11) is 1.58. The highest BCUT2D eigenvalue weighted by Crippen LogP contribution is 2.43. The van der Waals surface area contributed by atoms with E-state index >= 15 is 0 Å². The van der Waals surface area contributed by atoms with E-state index in [2.05, 4.69) is 18.7 Å². The number of carbonyl (C=O) groups excluding carboxylic acids is 2. The Bertz CT molecular complexity index is 1390. The minimum Gasteiger partial charge on any atom is -0.507 e. The second-order valence-corrected chi connectivity index (χ2v) is 9.82. The van der Waals surface area contributed by atoms with Gasteiger partial charge in [-0.25, -0.2) is 0 Å². The number of hydrogen-bond acceptors (Lipinski definition) is 5. The Morgan fingerprint density at radius 1 is 0.947 bits per heavy atom. The van der Waals surface area contributed by atoms with Gasteiger partial charge in [0.15, 0.2) is 0 Å². The molecule has 5 rings (SSSR count). The highest BCUT2D eigenvalue weighted by molar-refractivity contribution is 6.51. The highest BCUT2D eigenvalue weighted by Gasteiger charge is 2.47. The van der Waals surface area contributed by atoms with Crippen LogP contribution in [0.3, 0.4) is 0 Å². The van der Waals surface area contributed by atoms with Crippen molar-refractivity contribution in [2.75, 3.05) is 30.0 Å². The van der Waals surface area contributed by atoms with Crippen LogP contribution >= 0.6 is 0 Å². The van der Waals surface area contributed by atoms with E-state index in [4.69, 9.17) is 4.74 Å². The number of benzene rings is 3. The predicted octanol–water partition coefficient (Wildman–Crippen LogP) is 6.05. The number of fused-ring (bicyclic) bond motifs is 1. The van der Waals surface area contributed by atoms with Crippen molar-refractivity contribution in [3.05, 3.63) is 94.6 Å². The number of ether oxygens (including phenoxy) is 1. The van der Waals surface area contributed by atoms with Crippen LogP contribution < -0.4 is 14.5 Å². The first kappa shape index (κ1) is 25.6. The van der Waals surface area contributed by atoms with Crippen molar-refractivity contribution in [2.24, 2.45) is 0 Å². The molecule has 3 aromatic rings. The van der Waals surface area contributed by atoms with Gasteiger partial charge in [0, 0.05) is 30.0 Å². The molecule has 0 bridgehead atoms. The zero-order chi connectivity index (χ0) is 26.8. The molecule has 6 heteroatoms. The number of aliphatic hydroxyl groups is 1. The molecular weight excluding hydrogens is 476 g/mol. The largest absolute Gasteiger partial charge is 0.507 e. The summed E-state index contributed by atoms with van der Waals surface area (Å²) in [4.78, 5) is 30.8. The molecule has 1 heterocycles. The standard InChI is InChI=1S/C32H34N2O4/c1-4-33(5-2)25-15-17-26(18-16-25)34-29(23-11-8-12-27(20-23)38-3)28(31(36)32(34)37)30(35)24-14-13-21-9-6-7-10-22(21)19-24/h8,11-20,29,35H,4-7,9-10H2,1-3H3/b30-28-. The fraction of sp³-hybridized carbons (Fsp3) is 0.312. The average molecular weight is 511 g/mol. The van der Waals surface area contributed by atoms with Gasteiger partial charge in [-0.3, -0.25) is 14.5 Å². The summed E-state index contributed by atoms with van der Waals surface area (Å²) in [6, 6.07) is 20.1. The smallest absolute Gasteiger partial charge is 0.300 e. The highest BCUT2D eigenvalue weighted by atomic mass is 16.5. The fourth-order valence-electron chi connectivity index (χ4n) is 5.67. The summed E-state index contributed by atoms with van der Waals surface area (Å²) < 4.78 is 5.45. The Kier molecular flexibility index (Phi) is 7.23. The number of methoxy groups -OCH3 is 1. The van der Waals surface area contributed by atoms with Gasteiger partial charge in [0.25, 0.3) is 11.7 Å². The van der Waals surface area contributed by atoms with Crippen molar-refractivity contribution in [1.82, 2.24) is 0 Å². The number of aliphatic hydroxyl groups excluding tert-OH is 1. The number of amides is 1. The molecule has 0 saturated carbocycles. The van der Waals surface area contributed by atoms with Crippen LogP contribution in [0.15, 0.2) is 72.3 Å². The molecule has 1 amide bonds. The van der Waals surface area contributed by atoms with Gasteiger partial charge < -0.3 is 14.7 Å². The minimum atomic E-state index is -0.791. The minimum absolute atomic E-state index is 0.0897. The van der Waals surface area contributed by atoms with Gasteiger partial charge in [0.05, 0.1) is 18.7 Å². The first-order valence-corrected chi connectivity index (χ1v) is 13.4. The molecule has 0 spiro atoms. The van der Waals surface area contributed by atoms with E-state index in [1.165, 1.54) is 16.0 Å². The summed E-state index contributed by atoms with van der Waals surface area (Å²) in [5.74, 6) is -0.890. The van der Waals surface area contributed by atoms with Crippen molar-refractivity contribution in [3.8, 4) is 5.75 Å². The van der Waals surface area contributed by atoms with Crippen LogP contribution in [0, 0.1) is 0 Å². The van der Waals surface area contributed by atoms with Gasteiger partial charge >= 0.3 is 0 Å². The van der Waals surface area contributed by atoms with Crippen LogP contribution in [0.2, 0.25) is 0 Å². The van der Waals surface area contributed by atoms with Gasteiger partial charge in [-0.1, -0.05) is 24.3 Å². The molecule has 1 unspecified atom stereocenters. The van der Waals surface area contributed by atoms with Crippen LogP contribution in [0.1, 0.15) is 55.0 Å². The summed E-state index contributed by atoms with van der Waals surface area (Å²) in [6.07, 6.45) is 4.23.